The van der Waals surface area contributed by atoms with Gasteiger partial charge in [0.25, 0.3) is 0 Å². The summed E-state index contributed by atoms with van der Waals surface area (Å²) in [5.74, 6) is -0.382. The molecule has 1 aromatic rings. The smallest absolute Gasteiger partial charge is 0.338 e. The molecule has 1 N–H and O–H groups in total. The number of hydrogen-bond donors (Lipinski definition) is 1. The summed E-state index contributed by atoms with van der Waals surface area (Å²) in [5, 5.41) is 9.49. The predicted molar refractivity (Wildman–Crippen MR) is 61.8 cm³/mol. The van der Waals surface area contributed by atoms with Crippen molar-refractivity contribution in [1.29, 1.82) is 0 Å². The van der Waals surface area contributed by atoms with Gasteiger partial charge in [0, 0.05) is 6.61 Å². The number of ether oxygens (including phenoxy) is 2. The summed E-state index contributed by atoms with van der Waals surface area (Å²) in [7, 11) is 0. The largest absolute Gasteiger partial charge is 0.459 e. The Labute approximate surface area is 100 Å². The van der Waals surface area contributed by atoms with E-state index in [1.54, 1.807) is 12.1 Å². The zero-order chi connectivity index (χ0) is 12.3. The zero-order valence-electron chi connectivity index (χ0n) is 9.76. The van der Waals surface area contributed by atoms with E-state index in [4.69, 9.17) is 9.47 Å². The first-order valence-corrected chi connectivity index (χ1v) is 5.70. The second kappa shape index (κ2) is 5.29. The van der Waals surface area contributed by atoms with Crippen LogP contribution in [0.1, 0.15) is 22.3 Å². The van der Waals surface area contributed by atoms with Gasteiger partial charge in [-0.1, -0.05) is 17.7 Å². The van der Waals surface area contributed by atoms with Crippen LogP contribution in [0.5, 0.6) is 0 Å². The monoisotopic (exact) mass is 236 g/mol. The minimum Gasteiger partial charge on any atom is -0.459 e. The molecule has 1 heterocycles. The van der Waals surface area contributed by atoms with Crippen molar-refractivity contribution >= 4 is 5.97 Å². The average molecular weight is 236 g/mol. The van der Waals surface area contributed by atoms with Gasteiger partial charge in [0.15, 0.2) is 0 Å². The maximum atomic E-state index is 11.7. The molecule has 0 aliphatic carbocycles. The van der Waals surface area contributed by atoms with Gasteiger partial charge in [-0.15, -0.1) is 0 Å². The molecule has 0 spiro atoms. The summed E-state index contributed by atoms with van der Waals surface area (Å²) in [6.07, 6.45) is -0.308. The second-order valence-corrected chi connectivity index (χ2v) is 4.23. The highest BCUT2D eigenvalue weighted by atomic mass is 16.6. The molecule has 4 heteroatoms. The third-order valence-electron chi connectivity index (χ3n) is 2.84. The molecule has 0 amide bonds. The molecule has 92 valence electrons. The Kier molecular flexibility index (Phi) is 3.76. The highest BCUT2D eigenvalue weighted by Crippen LogP contribution is 2.14. The van der Waals surface area contributed by atoms with Crippen LogP contribution in [0.25, 0.3) is 0 Å². The molecule has 0 bridgehead atoms. The third-order valence-corrected chi connectivity index (χ3v) is 2.84. The summed E-state index contributed by atoms with van der Waals surface area (Å²) < 4.78 is 10.3. The lowest BCUT2D eigenvalue weighted by Gasteiger charge is -2.13. The number of hydrogen-bond acceptors (Lipinski definition) is 4. The lowest BCUT2D eigenvalue weighted by atomic mass is 10.1. The van der Waals surface area contributed by atoms with Crippen LogP contribution in [0.2, 0.25) is 0 Å². The quantitative estimate of drug-likeness (QED) is 0.804. The fourth-order valence-electron chi connectivity index (χ4n) is 1.73. The number of rotatable bonds is 3. The predicted octanol–water partition coefficient (Wildman–Crippen LogP) is 1.30. The van der Waals surface area contributed by atoms with E-state index in [0.717, 1.165) is 5.56 Å². The van der Waals surface area contributed by atoms with Crippen LogP contribution in [-0.4, -0.2) is 36.5 Å². The lowest BCUT2D eigenvalue weighted by molar-refractivity contribution is -0.0143. The van der Waals surface area contributed by atoms with E-state index in [1.165, 1.54) is 0 Å². The molecule has 1 saturated heterocycles. The summed E-state index contributed by atoms with van der Waals surface area (Å²) in [5.41, 5.74) is 1.61. The van der Waals surface area contributed by atoms with E-state index in [9.17, 15) is 9.90 Å². The van der Waals surface area contributed by atoms with E-state index in [0.29, 0.717) is 18.6 Å². The molecular weight excluding hydrogens is 220 g/mol. The summed E-state index contributed by atoms with van der Waals surface area (Å²) in [6, 6.07) is 7.17. The van der Waals surface area contributed by atoms with E-state index in [-0.39, 0.29) is 18.7 Å². The van der Waals surface area contributed by atoms with Gasteiger partial charge in [-0.05, 0) is 25.5 Å². The van der Waals surface area contributed by atoms with Crippen LogP contribution >= 0.6 is 0 Å². The van der Waals surface area contributed by atoms with Gasteiger partial charge in [-0.2, -0.15) is 0 Å². The third kappa shape index (κ3) is 3.05. The summed E-state index contributed by atoms with van der Waals surface area (Å²) in [4.78, 5) is 11.7. The van der Waals surface area contributed by atoms with Crippen molar-refractivity contribution in [2.45, 2.75) is 25.6 Å². The Balaban J connectivity index is 1.87. The number of benzene rings is 1. The molecule has 17 heavy (non-hydrogen) atoms. The molecule has 4 nitrogen and oxygen atoms in total. The Bertz CT molecular complexity index is 385. The fraction of sp³-hybridized carbons (Fsp3) is 0.462. The van der Waals surface area contributed by atoms with E-state index in [1.807, 2.05) is 19.1 Å². The van der Waals surface area contributed by atoms with Gasteiger partial charge in [0.2, 0.25) is 0 Å². The zero-order valence-corrected chi connectivity index (χ0v) is 9.76. The van der Waals surface area contributed by atoms with Crippen molar-refractivity contribution in [2.24, 2.45) is 0 Å². The van der Waals surface area contributed by atoms with E-state index < -0.39 is 6.10 Å². The molecule has 2 rings (SSSR count). The molecule has 1 aliphatic rings. The SMILES string of the molecule is Cc1ccc(C(=O)OC[C@H]2OCC[C@H]2O)cc1. The number of carbonyl (C=O) groups is 1. The maximum absolute atomic E-state index is 11.7. The van der Waals surface area contributed by atoms with Crippen molar-refractivity contribution in [3.8, 4) is 0 Å². The summed E-state index contributed by atoms with van der Waals surface area (Å²) >= 11 is 0. The summed E-state index contributed by atoms with van der Waals surface area (Å²) in [6.45, 7) is 2.58. The number of aryl methyl sites for hydroxylation is 1. The molecule has 0 unspecified atom stereocenters. The van der Waals surface area contributed by atoms with Crippen molar-refractivity contribution in [1.82, 2.24) is 0 Å². The first kappa shape index (κ1) is 12.1. The highest BCUT2D eigenvalue weighted by molar-refractivity contribution is 5.89. The molecule has 1 aliphatic heterocycles. The minimum atomic E-state index is -0.527. The van der Waals surface area contributed by atoms with Crippen LogP contribution in [0.15, 0.2) is 24.3 Å². The van der Waals surface area contributed by atoms with E-state index >= 15 is 0 Å². The first-order chi connectivity index (χ1) is 8.16. The van der Waals surface area contributed by atoms with Crippen molar-refractivity contribution in [3.05, 3.63) is 35.4 Å². The first-order valence-electron chi connectivity index (χ1n) is 5.70. The maximum Gasteiger partial charge on any atom is 0.338 e. The Morgan fingerprint density at radius 2 is 2.18 bits per heavy atom. The fourth-order valence-corrected chi connectivity index (χ4v) is 1.73. The molecule has 1 aromatic carbocycles. The normalized spacial score (nSPS) is 23.6. The van der Waals surface area contributed by atoms with Crippen LogP contribution in [0.3, 0.4) is 0 Å². The van der Waals surface area contributed by atoms with Crippen molar-refractivity contribution < 1.29 is 19.4 Å². The lowest BCUT2D eigenvalue weighted by Crippen LogP contribution is -2.27. The molecule has 0 aromatic heterocycles. The van der Waals surface area contributed by atoms with Crippen molar-refractivity contribution in [2.75, 3.05) is 13.2 Å². The minimum absolute atomic E-state index is 0.105. The average Bonchev–Trinajstić information content (AvgIpc) is 2.73. The topological polar surface area (TPSA) is 55.8 Å². The van der Waals surface area contributed by atoms with Crippen LogP contribution in [0.4, 0.5) is 0 Å². The number of esters is 1. The van der Waals surface area contributed by atoms with E-state index in [2.05, 4.69) is 0 Å². The molecule has 0 saturated carbocycles. The standard InChI is InChI=1S/C13H16O4/c1-9-2-4-10(5-3-9)13(15)17-8-12-11(14)6-7-16-12/h2-5,11-12,14H,6-8H2,1H3/t11-,12-/m1/s1. The number of aliphatic hydroxyl groups is 1. The van der Waals surface area contributed by atoms with Gasteiger partial charge in [0.1, 0.15) is 12.7 Å². The Morgan fingerprint density at radius 3 is 2.76 bits per heavy atom. The molecule has 2 atom stereocenters. The number of carbonyl (C=O) groups excluding carboxylic acids is 1. The van der Waals surface area contributed by atoms with Gasteiger partial charge >= 0.3 is 5.97 Å². The van der Waals surface area contributed by atoms with Gasteiger partial charge in [0.05, 0.1) is 11.7 Å². The van der Waals surface area contributed by atoms with Crippen LogP contribution < -0.4 is 0 Å². The highest BCUT2D eigenvalue weighted by Gasteiger charge is 2.27. The Morgan fingerprint density at radius 1 is 1.47 bits per heavy atom. The molecule has 0 radical (unpaired) electrons. The molecule has 1 fully saturated rings. The van der Waals surface area contributed by atoms with Gasteiger partial charge in [-0.25, -0.2) is 4.79 Å². The second-order valence-electron chi connectivity index (χ2n) is 4.23. The van der Waals surface area contributed by atoms with Gasteiger partial charge < -0.3 is 14.6 Å². The molecular formula is C13H16O4. The van der Waals surface area contributed by atoms with Crippen molar-refractivity contribution in [3.63, 3.8) is 0 Å². The van der Waals surface area contributed by atoms with Crippen LogP contribution in [-0.2, 0) is 9.47 Å². The van der Waals surface area contributed by atoms with Gasteiger partial charge in [-0.3, -0.25) is 0 Å². The van der Waals surface area contributed by atoms with Crippen LogP contribution in [0, 0.1) is 6.92 Å². The Hall–Kier alpha value is -1.39. The number of aliphatic hydroxyl groups excluding tert-OH is 1.